The molecule has 1 aliphatic heterocycles. The zero-order valence-corrected chi connectivity index (χ0v) is 24.5. The molecule has 3 N–H and O–H groups in total. The van der Waals surface area contributed by atoms with Crippen molar-refractivity contribution in [3.8, 4) is 0 Å². The average Bonchev–Trinajstić information content (AvgIpc) is 3.29. The summed E-state index contributed by atoms with van der Waals surface area (Å²) >= 11 is -0.127. The van der Waals surface area contributed by atoms with Gasteiger partial charge < -0.3 is 0 Å². The van der Waals surface area contributed by atoms with Gasteiger partial charge in [-0.3, -0.25) is 0 Å². The van der Waals surface area contributed by atoms with Crippen molar-refractivity contribution in [2.24, 2.45) is 5.92 Å². The molecule has 1 aromatic carbocycles. The molecule has 2 aromatic heterocycles. The molecular formula is C27H32I2N4O3. The Kier molecular flexibility index (Phi) is 8.46. The van der Waals surface area contributed by atoms with E-state index < -0.39 is 19.8 Å². The van der Waals surface area contributed by atoms with Gasteiger partial charge >= 0.3 is 227 Å². The van der Waals surface area contributed by atoms with Crippen LogP contribution in [0.4, 0.5) is 11.4 Å². The van der Waals surface area contributed by atoms with Crippen LogP contribution in [0, 0.1) is 9.62 Å². The van der Waals surface area contributed by atoms with E-state index in [1.54, 1.807) is 12.3 Å². The van der Waals surface area contributed by atoms with Crippen LogP contribution in [0.2, 0.25) is 0 Å². The molecule has 0 radical (unpaired) electrons. The van der Waals surface area contributed by atoms with Crippen LogP contribution < -0.4 is 11.1 Å². The molecule has 0 atom stereocenters. The Hall–Kier alpha value is -1.73. The second-order valence-electron chi connectivity index (χ2n) is 9.54. The van der Waals surface area contributed by atoms with Crippen LogP contribution in [0.25, 0.3) is 11.0 Å². The van der Waals surface area contributed by atoms with Crippen molar-refractivity contribution in [3.63, 3.8) is 0 Å². The van der Waals surface area contributed by atoms with E-state index in [2.05, 4.69) is 37.8 Å². The third kappa shape index (κ3) is 5.57. The Balaban J connectivity index is 1.35. The van der Waals surface area contributed by atoms with Crippen molar-refractivity contribution >= 4 is 74.5 Å². The number of benzene rings is 1. The number of likely N-dealkylation sites (tertiary alicyclic amines) is 1. The number of amides is 1. The van der Waals surface area contributed by atoms with Crippen LogP contribution in [0.3, 0.4) is 0 Å². The van der Waals surface area contributed by atoms with Gasteiger partial charge in [0, 0.05) is 0 Å². The van der Waals surface area contributed by atoms with E-state index in [9.17, 15) is 9.59 Å². The van der Waals surface area contributed by atoms with Gasteiger partial charge in [0.25, 0.3) is 0 Å². The summed E-state index contributed by atoms with van der Waals surface area (Å²) in [5.74, 6) is 0.209. The van der Waals surface area contributed by atoms with Crippen LogP contribution in [0.5, 0.6) is 0 Å². The molecule has 2 aliphatic rings. The number of furan rings is 1. The SMILES string of the molecule is Nc1ccc(I(CI)C(=O)c2oc3ccccc3c2NC(=O)C2CCC(N3CCCCC3)CC2)nc1. The fourth-order valence-corrected chi connectivity index (χ4v) is 12.2. The van der Waals surface area contributed by atoms with Crippen LogP contribution >= 0.6 is 42.4 Å². The molecule has 36 heavy (non-hydrogen) atoms. The van der Waals surface area contributed by atoms with E-state index in [4.69, 9.17) is 10.2 Å². The first kappa shape index (κ1) is 25.9. The minimum atomic E-state index is -2.39. The first-order valence-electron chi connectivity index (χ1n) is 12.6. The van der Waals surface area contributed by atoms with E-state index in [1.807, 2.05) is 30.3 Å². The summed E-state index contributed by atoms with van der Waals surface area (Å²) in [6.07, 6.45) is 9.40. The summed E-state index contributed by atoms with van der Waals surface area (Å²) < 4.78 is 7.53. The van der Waals surface area contributed by atoms with Crippen molar-refractivity contribution in [1.82, 2.24) is 9.88 Å². The van der Waals surface area contributed by atoms with Crippen LogP contribution in [0.1, 0.15) is 55.5 Å². The Morgan fingerprint density at radius 2 is 1.83 bits per heavy atom. The second kappa shape index (κ2) is 11.8. The van der Waals surface area contributed by atoms with Gasteiger partial charge in [0.15, 0.2) is 0 Å². The molecule has 192 valence electrons. The number of nitrogens with two attached hydrogens (primary N) is 1. The molecule has 0 bridgehead atoms. The number of hydrogen-bond acceptors (Lipinski definition) is 6. The summed E-state index contributed by atoms with van der Waals surface area (Å²) in [6.45, 7) is 2.39. The van der Waals surface area contributed by atoms with Crippen molar-refractivity contribution in [2.75, 3.05) is 26.6 Å². The van der Waals surface area contributed by atoms with Gasteiger partial charge in [-0.1, -0.05) is 6.42 Å². The Bertz CT molecular complexity index is 1220. The zero-order chi connectivity index (χ0) is 25.1. The normalized spacial score (nSPS) is 21.3. The number of rotatable bonds is 7. The van der Waals surface area contributed by atoms with Gasteiger partial charge in [-0.2, -0.15) is 0 Å². The number of nitrogens with one attached hydrogen (secondary N) is 1. The number of carbonyl (C=O) groups excluding carboxylic acids is 2. The molecule has 1 saturated carbocycles. The molecule has 3 heterocycles. The van der Waals surface area contributed by atoms with Gasteiger partial charge in [0.05, 0.1) is 0 Å². The summed E-state index contributed by atoms with van der Waals surface area (Å²) in [5.41, 5.74) is 7.50. The number of para-hydroxylation sites is 1. The van der Waals surface area contributed by atoms with E-state index in [-0.39, 0.29) is 21.4 Å². The molecule has 7 nitrogen and oxygen atoms in total. The van der Waals surface area contributed by atoms with Crippen LogP contribution in [-0.4, -0.2) is 41.1 Å². The van der Waals surface area contributed by atoms with E-state index in [0.717, 1.165) is 34.8 Å². The quantitative estimate of drug-likeness (QED) is 0.129. The monoisotopic (exact) mass is 714 g/mol. The summed E-state index contributed by atoms with van der Waals surface area (Å²) in [5, 5.41) is 3.90. The zero-order valence-electron chi connectivity index (χ0n) is 20.2. The van der Waals surface area contributed by atoms with Crippen LogP contribution in [0.15, 0.2) is 47.0 Å². The number of carbonyl (C=O) groups is 2. The third-order valence-electron chi connectivity index (χ3n) is 7.29. The second-order valence-corrected chi connectivity index (χ2v) is 18.1. The van der Waals surface area contributed by atoms with Gasteiger partial charge in [-0.05, 0) is 0 Å². The number of pyridine rings is 1. The third-order valence-corrected chi connectivity index (χ3v) is 15.4. The average molecular weight is 714 g/mol. The molecule has 9 heteroatoms. The number of halogens is 2. The Morgan fingerprint density at radius 1 is 1.08 bits per heavy atom. The van der Waals surface area contributed by atoms with Crippen molar-refractivity contribution in [2.45, 2.75) is 51.0 Å². The number of hydrogen-bond donors (Lipinski definition) is 2. The summed E-state index contributed by atoms with van der Waals surface area (Å²) in [6, 6.07) is 11.8. The molecule has 3 aromatic rings. The van der Waals surface area contributed by atoms with Gasteiger partial charge in [-0.15, -0.1) is 0 Å². The molecular weight excluding hydrogens is 682 g/mol. The Morgan fingerprint density at radius 3 is 2.53 bits per heavy atom. The fraction of sp³-hybridized carbons (Fsp3) is 0.444. The van der Waals surface area contributed by atoms with Crippen molar-refractivity contribution in [1.29, 1.82) is 0 Å². The molecule has 0 unspecified atom stereocenters. The maximum absolute atomic E-state index is 13.8. The molecule has 2 fully saturated rings. The van der Waals surface area contributed by atoms with Crippen molar-refractivity contribution < 1.29 is 14.0 Å². The molecule has 1 amide bonds. The molecule has 0 spiro atoms. The van der Waals surface area contributed by atoms with Gasteiger partial charge in [0.2, 0.25) is 0 Å². The minimum absolute atomic E-state index is 0.00636. The number of piperidine rings is 1. The van der Waals surface area contributed by atoms with E-state index in [1.165, 1.54) is 32.4 Å². The summed E-state index contributed by atoms with van der Waals surface area (Å²) in [7, 11) is 0. The standard InChI is InChI=1S/C27H32I2N4O3/c28-17-29(23-13-10-19(30)16-31-23)26(34)25-24(21-6-2-3-7-22(21)36-25)32-27(35)18-8-11-20(12-9-18)33-14-4-1-5-15-33/h2-3,6-7,10,13,16,18,20H,1,4-5,8-9,11-12,14-15,17,30H2,(H,32,35). The summed E-state index contributed by atoms with van der Waals surface area (Å²) in [4.78, 5) is 34.3. The first-order chi connectivity index (χ1) is 17.5. The number of nitrogens with zero attached hydrogens (tertiary/aromatic N) is 2. The number of aromatic nitrogens is 1. The number of alkyl halides is 2. The fourth-order valence-electron chi connectivity index (χ4n) is 5.33. The first-order valence-corrected chi connectivity index (χ1v) is 17.8. The topological polar surface area (TPSA) is 101 Å². The maximum atomic E-state index is 13.8. The van der Waals surface area contributed by atoms with E-state index in [0.29, 0.717) is 25.4 Å². The molecule has 1 aliphatic carbocycles. The predicted octanol–water partition coefficient (Wildman–Crippen LogP) is 6.30. The van der Waals surface area contributed by atoms with Crippen LogP contribution in [-0.2, 0) is 4.79 Å². The predicted molar refractivity (Wildman–Crippen MR) is 161 cm³/mol. The number of fused-ring (bicyclic) bond motifs is 1. The van der Waals surface area contributed by atoms with Gasteiger partial charge in [-0.25, -0.2) is 0 Å². The van der Waals surface area contributed by atoms with E-state index >= 15 is 0 Å². The molecule has 5 rings (SSSR count). The Labute approximate surface area is 232 Å². The molecule has 1 saturated heterocycles. The number of nitrogen functional groups attached to an aromatic ring is 1. The van der Waals surface area contributed by atoms with Gasteiger partial charge in [0.1, 0.15) is 0 Å². The number of anilines is 2. The van der Waals surface area contributed by atoms with Crippen molar-refractivity contribution in [3.05, 3.63) is 52.1 Å².